The molecule has 0 saturated heterocycles. The number of nitrogens with zero attached hydrogens (tertiary/aromatic N) is 3. The van der Waals surface area contributed by atoms with Gasteiger partial charge < -0.3 is 5.32 Å². The lowest BCUT2D eigenvalue weighted by molar-refractivity contribution is 0.631. The van der Waals surface area contributed by atoms with Crippen LogP contribution in [0.4, 0.5) is 15.9 Å². The Morgan fingerprint density at radius 2 is 2.22 bits per heavy atom. The summed E-state index contributed by atoms with van der Waals surface area (Å²) in [6.45, 7) is 0. The van der Waals surface area contributed by atoms with E-state index in [2.05, 4.69) is 31.2 Å². The zero-order chi connectivity index (χ0) is 13.1. The molecule has 0 aliphatic heterocycles. The normalized spacial score (nSPS) is 9.89. The highest BCUT2D eigenvalue weighted by molar-refractivity contribution is 9.10. The van der Waals surface area contributed by atoms with E-state index in [0.717, 1.165) is 6.07 Å². The maximum atomic E-state index is 13.6. The van der Waals surface area contributed by atoms with Gasteiger partial charge in [-0.15, -0.1) is 0 Å². The van der Waals surface area contributed by atoms with E-state index >= 15 is 0 Å². The van der Waals surface area contributed by atoms with Crippen LogP contribution in [0.5, 0.6) is 0 Å². The summed E-state index contributed by atoms with van der Waals surface area (Å²) in [5, 5.41) is 11.5. The van der Waals surface area contributed by atoms with E-state index < -0.39 is 5.82 Å². The third-order valence-electron chi connectivity index (χ3n) is 2.07. The van der Waals surface area contributed by atoms with Crippen LogP contribution in [0.1, 0.15) is 5.56 Å². The molecule has 90 valence electrons. The summed E-state index contributed by atoms with van der Waals surface area (Å²) < 4.78 is 14.2. The van der Waals surface area contributed by atoms with E-state index in [1.165, 1.54) is 18.3 Å². The number of anilines is 2. The molecule has 1 aromatic carbocycles. The number of rotatable bonds is 2. The van der Waals surface area contributed by atoms with Gasteiger partial charge in [-0.25, -0.2) is 9.37 Å². The highest BCUT2D eigenvalue weighted by Gasteiger charge is 2.08. The van der Waals surface area contributed by atoms with Crippen molar-refractivity contribution in [3.63, 3.8) is 0 Å². The third kappa shape index (κ3) is 2.75. The quantitative estimate of drug-likeness (QED) is 0.855. The Balaban J connectivity index is 2.34. The van der Waals surface area contributed by atoms with Gasteiger partial charge in [-0.05, 0) is 45.7 Å². The van der Waals surface area contributed by atoms with Crippen LogP contribution >= 0.6 is 27.5 Å². The molecule has 0 fully saturated rings. The van der Waals surface area contributed by atoms with Gasteiger partial charge in [0, 0.05) is 6.20 Å². The molecule has 1 heterocycles. The Hall–Kier alpha value is -1.71. The number of aromatic nitrogens is 2. The molecule has 0 aliphatic rings. The molecule has 2 aromatic rings. The first kappa shape index (κ1) is 12.7. The van der Waals surface area contributed by atoms with Crippen molar-refractivity contribution in [3.05, 3.63) is 45.5 Å². The molecule has 0 amide bonds. The van der Waals surface area contributed by atoms with Crippen LogP contribution in [0.15, 0.2) is 28.9 Å². The van der Waals surface area contributed by atoms with Gasteiger partial charge in [0.2, 0.25) is 5.28 Å². The zero-order valence-electron chi connectivity index (χ0n) is 8.78. The highest BCUT2D eigenvalue weighted by Crippen LogP contribution is 2.26. The second-order valence-corrected chi connectivity index (χ2v) is 4.46. The van der Waals surface area contributed by atoms with Crippen LogP contribution in [0.2, 0.25) is 5.28 Å². The van der Waals surface area contributed by atoms with Crippen molar-refractivity contribution in [3.8, 4) is 6.07 Å². The Kier molecular flexibility index (Phi) is 3.75. The van der Waals surface area contributed by atoms with Gasteiger partial charge in [0.1, 0.15) is 11.6 Å². The Morgan fingerprint density at radius 1 is 1.44 bits per heavy atom. The summed E-state index contributed by atoms with van der Waals surface area (Å²) in [5.74, 6) is -0.200. The lowest BCUT2D eigenvalue weighted by atomic mass is 10.2. The molecule has 0 spiro atoms. The van der Waals surface area contributed by atoms with Crippen LogP contribution in [0.25, 0.3) is 0 Å². The van der Waals surface area contributed by atoms with Gasteiger partial charge in [-0.3, -0.25) is 0 Å². The van der Waals surface area contributed by atoms with Crippen LogP contribution in [0, 0.1) is 17.1 Å². The Bertz CT molecular complexity index is 641. The summed E-state index contributed by atoms with van der Waals surface area (Å²) in [6.07, 6.45) is 1.46. The molecule has 0 bridgehead atoms. The van der Waals surface area contributed by atoms with Crippen molar-refractivity contribution < 1.29 is 4.39 Å². The van der Waals surface area contributed by atoms with Crippen LogP contribution < -0.4 is 5.32 Å². The molecule has 0 atom stereocenters. The summed E-state index contributed by atoms with van der Waals surface area (Å²) in [4.78, 5) is 7.68. The lowest BCUT2D eigenvalue weighted by Crippen LogP contribution is -1.99. The fraction of sp³-hybridized carbons (Fsp3) is 0. The number of benzene rings is 1. The van der Waals surface area contributed by atoms with Crippen LogP contribution in [0.3, 0.4) is 0 Å². The molecular formula is C11H5BrClFN4. The van der Waals surface area contributed by atoms with Crippen LogP contribution in [-0.4, -0.2) is 9.97 Å². The number of halogens is 3. The van der Waals surface area contributed by atoms with Crippen LogP contribution in [-0.2, 0) is 0 Å². The first-order chi connectivity index (χ1) is 8.60. The average molecular weight is 328 g/mol. The molecule has 4 nitrogen and oxygen atoms in total. The van der Waals surface area contributed by atoms with Crippen molar-refractivity contribution in [1.29, 1.82) is 5.26 Å². The van der Waals surface area contributed by atoms with Gasteiger partial charge >= 0.3 is 0 Å². The molecule has 0 unspecified atom stereocenters. The standard InChI is InChI=1S/C11H5BrClFN4/c12-7-5-16-11(13)18-10(7)17-9-2-1-6(4-15)3-8(9)14/h1-3,5H,(H,16,17,18). The van der Waals surface area contributed by atoms with E-state index in [0.29, 0.717) is 10.3 Å². The van der Waals surface area contributed by atoms with Gasteiger partial charge in [-0.1, -0.05) is 0 Å². The van der Waals surface area contributed by atoms with Gasteiger partial charge in [-0.2, -0.15) is 10.2 Å². The largest absolute Gasteiger partial charge is 0.337 e. The third-order valence-corrected chi connectivity index (χ3v) is 2.83. The van der Waals surface area contributed by atoms with E-state index in [1.54, 1.807) is 0 Å². The second kappa shape index (κ2) is 5.29. The monoisotopic (exact) mass is 326 g/mol. The first-order valence-electron chi connectivity index (χ1n) is 4.75. The summed E-state index contributed by atoms with van der Waals surface area (Å²) >= 11 is 8.87. The Morgan fingerprint density at radius 3 is 2.89 bits per heavy atom. The fourth-order valence-electron chi connectivity index (χ4n) is 1.25. The van der Waals surface area contributed by atoms with Crippen molar-refractivity contribution in [2.24, 2.45) is 0 Å². The maximum absolute atomic E-state index is 13.6. The zero-order valence-corrected chi connectivity index (χ0v) is 11.1. The average Bonchev–Trinajstić information content (AvgIpc) is 2.36. The maximum Gasteiger partial charge on any atom is 0.224 e. The van der Waals surface area contributed by atoms with E-state index in [-0.39, 0.29) is 16.5 Å². The minimum Gasteiger partial charge on any atom is -0.337 e. The molecule has 18 heavy (non-hydrogen) atoms. The summed E-state index contributed by atoms with van der Waals surface area (Å²) in [6, 6.07) is 5.95. The molecule has 1 aromatic heterocycles. The minimum atomic E-state index is -0.546. The fourth-order valence-corrected chi connectivity index (χ4v) is 1.67. The number of nitriles is 1. The van der Waals surface area contributed by atoms with Crippen molar-refractivity contribution in [2.75, 3.05) is 5.32 Å². The summed E-state index contributed by atoms with van der Waals surface area (Å²) in [7, 11) is 0. The van der Waals surface area contributed by atoms with Crippen molar-refractivity contribution >= 4 is 39.0 Å². The van der Waals surface area contributed by atoms with E-state index in [4.69, 9.17) is 16.9 Å². The smallest absolute Gasteiger partial charge is 0.224 e. The topological polar surface area (TPSA) is 61.6 Å². The van der Waals surface area contributed by atoms with Gasteiger partial charge in [0.05, 0.1) is 21.8 Å². The van der Waals surface area contributed by atoms with Gasteiger partial charge in [0.15, 0.2) is 0 Å². The molecule has 0 radical (unpaired) electrons. The number of hydrogen-bond donors (Lipinski definition) is 1. The van der Waals surface area contributed by atoms with Gasteiger partial charge in [0.25, 0.3) is 0 Å². The summed E-state index contributed by atoms with van der Waals surface area (Å²) in [5.41, 5.74) is 0.447. The molecule has 1 N–H and O–H groups in total. The number of nitrogens with one attached hydrogen (secondary N) is 1. The molecule has 0 aliphatic carbocycles. The predicted molar refractivity (Wildman–Crippen MR) is 69.1 cm³/mol. The lowest BCUT2D eigenvalue weighted by Gasteiger charge is -2.08. The van der Waals surface area contributed by atoms with Crippen molar-refractivity contribution in [1.82, 2.24) is 9.97 Å². The van der Waals surface area contributed by atoms with E-state index in [9.17, 15) is 4.39 Å². The molecule has 2 rings (SSSR count). The van der Waals surface area contributed by atoms with E-state index in [1.807, 2.05) is 6.07 Å². The predicted octanol–water partition coefficient (Wildman–Crippen LogP) is 3.65. The second-order valence-electron chi connectivity index (χ2n) is 3.27. The van der Waals surface area contributed by atoms with Crippen molar-refractivity contribution in [2.45, 2.75) is 0 Å². The molecule has 0 saturated carbocycles. The Labute approximate surface area is 116 Å². The first-order valence-corrected chi connectivity index (χ1v) is 5.92. The highest BCUT2D eigenvalue weighted by atomic mass is 79.9. The minimum absolute atomic E-state index is 0.0507. The number of hydrogen-bond acceptors (Lipinski definition) is 4. The molecular weight excluding hydrogens is 323 g/mol. The SMILES string of the molecule is N#Cc1ccc(Nc2nc(Cl)ncc2Br)c(F)c1. The molecule has 7 heteroatoms.